The molecule has 1 aromatic carbocycles. The number of benzene rings is 1. The highest BCUT2D eigenvalue weighted by atomic mass is 127. The quantitative estimate of drug-likeness (QED) is 0.277. The summed E-state index contributed by atoms with van der Waals surface area (Å²) in [6.45, 7) is 7.00. The molecule has 0 radical (unpaired) electrons. The van der Waals surface area contributed by atoms with Crippen molar-refractivity contribution in [2.24, 2.45) is 10.9 Å². The van der Waals surface area contributed by atoms with Crippen LogP contribution in [0.3, 0.4) is 0 Å². The Morgan fingerprint density at radius 1 is 1.14 bits per heavy atom. The molecule has 3 aromatic rings. The smallest absolute Gasteiger partial charge is 0.191 e. The van der Waals surface area contributed by atoms with Crippen LogP contribution in [0, 0.1) is 12.8 Å². The van der Waals surface area contributed by atoms with Crippen molar-refractivity contribution in [3.8, 4) is 0 Å². The molecule has 3 rings (SSSR count). The fourth-order valence-corrected chi connectivity index (χ4v) is 2.96. The van der Waals surface area contributed by atoms with Gasteiger partial charge in [0, 0.05) is 25.5 Å². The van der Waals surface area contributed by atoms with Gasteiger partial charge in [0.05, 0.1) is 25.5 Å². The molecule has 0 aliphatic carbocycles. The fraction of sp³-hybridized carbons (Fsp3) is 0.364. The molecular formula is C22H30IN5O. The van der Waals surface area contributed by atoms with Gasteiger partial charge < -0.3 is 19.8 Å². The van der Waals surface area contributed by atoms with Crippen molar-refractivity contribution in [2.45, 2.75) is 27.0 Å². The minimum Gasteiger partial charge on any atom is -0.376 e. The molecule has 0 saturated carbocycles. The Labute approximate surface area is 189 Å². The summed E-state index contributed by atoms with van der Waals surface area (Å²) in [5.41, 5.74) is 4.31. The summed E-state index contributed by atoms with van der Waals surface area (Å²) in [6, 6.07) is 16.4. The van der Waals surface area contributed by atoms with E-state index in [1.54, 1.807) is 7.05 Å². The van der Waals surface area contributed by atoms with E-state index in [1.807, 2.05) is 30.3 Å². The number of guanidine groups is 1. The number of aryl methyl sites for hydroxylation is 1. The van der Waals surface area contributed by atoms with Gasteiger partial charge in [-0.3, -0.25) is 4.99 Å². The highest BCUT2D eigenvalue weighted by molar-refractivity contribution is 14.0. The van der Waals surface area contributed by atoms with Crippen LogP contribution < -0.4 is 10.6 Å². The minimum absolute atomic E-state index is 0. The molecule has 1 unspecified atom stereocenters. The van der Waals surface area contributed by atoms with E-state index >= 15 is 0 Å². The van der Waals surface area contributed by atoms with Crippen LogP contribution in [0.5, 0.6) is 0 Å². The minimum atomic E-state index is 0. The molecule has 29 heavy (non-hydrogen) atoms. The second-order valence-corrected chi connectivity index (χ2v) is 7.04. The molecule has 2 N–H and O–H groups in total. The van der Waals surface area contributed by atoms with Gasteiger partial charge in [0.1, 0.15) is 5.65 Å². The van der Waals surface area contributed by atoms with Gasteiger partial charge in [-0.2, -0.15) is 0 Å². The average molecular weight is 507 g/mol. The predicted molar refractivity (Wildman–Crippen MR) is 129 cm³/mol. The molecule has 0 spiro atoms. The van der Waals surface area contributed by atoms with Gasteiger partial charge in [-0.05, 0) is 30.5 Å². The first-order chi connectivity index (χ1) is 13.7. The summed E-state index contributed by atoms with van der Waals surface area (Å²) in [4.78, 5) is 8.94. The molecule has 1 atom stereocenters. The Kier molecular flexibility index (Phi) is 9.40. The van der Waals surface area contributed by atoms with Gasteiger partial charge in [0.15, 0.2) is 5.96 Å². The van der Waals surface area contributed by atoms with Crippen LogP contribution in [0.1, 0.15) is 23.9 Å². The van der Waals surface area contributed by atoms with Gasteiger partial charge in [-0.15, -0.1) is 24.0 Å². The van der Waals surface area contributed by atoms with E-state index in [-0.39, 0.29) is 24.0 Å². The Morgan fingerprint density at radius 3 is 2.66 bits per heavy atom. The summed E-state index contributed by atoms with van der Waals surface area (Å²) in [5.74, 6) is 1.14. The van der Waals surface area contributed by atoms with Crippen LogP contribution in [-0.2, 0) is 17.9 Å². The number of fused-ring (bicyclic) bond motifs is 1. The molecular weight excluding hydrogens is 477 g/mol. The third-order valence-electron chi connectivity index (χ3n) is 4.54. The van der Waals surface area contributed by atoms with Crippen molar-refractivity contribution in [1.29, 1.82) is 0 Å². The number of rotatable bonds is 8. The lowest BCUT2D eigenvalue weighted by Gasteiger charge is -2.16. The molecule has 6 nitrogen and oxygen atoms in total. The maximum absolute atomic E-state index is 5.81. The number of aromatic nitrogens is 2. The van der Waals surface area contributed by atoms with E-state index < -0.39 is 0 Å². The summed E-state index contributed by atoms with van der Waals surface area (Å²) < 4.78 is 7.91. The third kappa shape index (κ3) is 7.01. The zero-order valence-corrected chi connectivity index (χ0v) is 19.6. The van der Waals surface area contributed by atoms with Crippen molar-refractivity contribution in [3.63, 3.8) is 0 Å². The average Bonchev–Trinajstić information content (AvgIpc) is 3.13. The lowest BCUT2D eigenvalue weighted by atomic mass is 10.2. The van der Waals surface area contributed by atoms with Crippen LogP contribution in [0.15, 0.2) is 59.7 Å². The van der Waals surface area contributed by atoms with Gasteiger partial charge in [0.2, 0.25) is 0 Å². The Morgan fingerprint density at radius 2 is 1.93 bits per heavy atom. The lowest BCUT2D eigenvalue weighted by Crippen LogP contribution is -2.39. The van der Waals surface area contributed by atoms with Crippen molar-refractivity contribution >= 4 is 35.6 Å². The zero-order valence-electron chi connectivity index (χ0n) is 17.3. The molecule has 7 heteroatoms. The molecule has 2 heterocycles. The summed E-state index contributed by atoms with van der Waals surface area (Å²) >= 11 is 0. The maximum atomic E-state index is 5.81. The number of imidazole rings is 1. The Balaban J connectivity index is 0.00000300. The molecule has 156 valence electrons. The topological polar surface area (TPSA) is 63.0 Å². The van der Waals surface area contributed by atoms with E-state index in [9.17, 15) is 0 Å². The first-order valence-corrected chi connectivity index (χ1v) is 9.65. The number of hydrogen-bond acceptors (Lipinski definition) is 3. The molecule has 0 fully saturated rings. The summed E-state index contributed by atoms with van der Waals surface area (Å²) in [6.07, 6.45) is 2.06. The van der Waals surface area contributed by atoms with Gasteiger partial charge in [-0.1, -0.05) is 43.3 Å². The molecule has 0 saturated heterocycles. The van der Waals surface area contributed by atoms with Gasteiger partial charge >= 0.3 is 0 Å². The van der Waals surface area contributed by atoms with E-state index in [4.69, 9.17) is 4.74 Å². The Hall–Kier alpha value is -2.13. The van der Waals surface area contributed by atoms with E-state index in [0.717, 1.165) is 23.8 Å². The van der Waals surface area contributed by atoms with Crippen LogP contribution in [0.2, 0.25) is 0 Å². The van der Waals surface area contributed by atoms with E-state index in [2.05, 4.69) is 63.3 Å². The van der Waals surface area contributed by atoms with Gasteiger partial charge in [0.25, 0.3) is 0 Å². The fourth-order valence-electron chi connectivity index (χ4n) is 2.96. The predicted octanol–water partition coefficient (Wildman–Crippen LogP) is 3.78. The van der Waals surface area contributed by atoms with Crippen LogP contribution in [0.25, 0.3) is 5.65 Å². The van der Waals surface area contributed by atoms with Crippen molar-refractivity contribution in [3.05, 3.63) is 71.7 Å². The Bertz CT molecular complexity index is 910. The maximum Gasteiger partial charge on any atom is 0.191 e. The van der Waals surface area contributed by atoms with Crippen molar-refractivity contribution < 1.29 is 4.74 Å². The number of nitrogens with zero attached hydrogens (tertiary/aromatic N) is 3. The molecule has 0 bridgehead atoms. The lowest BCUT2D eigenvalue weighted by molar-refractivity contribution is 0.0931. The third-order valence-corrected chi connectivity index (χ3v) is 4.54. The molecule has 0 aliphatic heterocycles. The van der Waals surface area contributed by atoms with Crippen LogP contribution >= 0.6 is 24.0 Å². The molecule has 0 aliphatic rings. The van der Waals surface area contributed by atoms with Crippen LogP contribution in [0.4, 0.5) is 0 Å². The van der Waals surface area contributed by atoms with E-state index in [0.29, 0.717) is 25.7 Å². The SMILES string of the molecule is CN=C(NCc1cn2c(C)cccc2n1)NCC(C)COCc1ccccc1.I. The number of pyridine rings is 1. The highest BCUT2D eigenvalue weighted by Gasteiger charge is 2.07. The first-order valence-electron chi connectivity index (χ1n) is 9.65. The van der Waals surface area contributed by atoms with E-state index in [1.165, 1.54) is 11.3 Å². The number of nitrogens with one attached hydrogen (secondary N) is 2. The zero-order chi connectivity index (χ0) is 19.8. The monoisotopic (exact) mass is 507 g/mol. The normalized spacial score (nSPS) is 12.4. The number of halogens is 1. The summed E-state index contributed by atoms with van der Waals surface area (Å²) in [7, 11) is 1.78. The standard InChI is InChI=1S/C22H29N5O.HI/c1-17(15-28-16-19-9-5-4-6-10-19)12-24-22(23-3)25-13-20-14-27-18(2)8-7-11-21(27)26-20;/h4-11,14,17H,12-13,15-16H2,1-3H3,(H2,23,24,25);1H. The largest absolute Gasteiger partial charge is 0.376 e. The second-order valence-electron chi connectivity index (χ2n) is 7.04. The number of ether oxygens (including phenoxy) is 1. The van der Waals surface area contributed by atoms with Gasteiger partial charge in [-0.25, -0.2) is 4.98 Å². The second kappa shape index (κ2) is 11.8. The van der Waals surface area contributed by atoms with Crippen molar-refractivity contribution in [1.82, 2.24) is 20.0 Å². The molecule has 2 aromatic heterocycles. The molecule has 0 amide bonds. The first kappa shape index (κ1) is 23.2. The summed E-state index contributed by atoms with van der Waals surface area (Å²) in [5, 5.41) is 6.68. The highest BCUT2D eigenvalue weighted by Crippen LogP contribution is 2.08. The number of hydrogen-bond donors (Lipinski definition) is 2. The van der Waals surface area contributed by atoms with Crippen molar-refractivity contribution in [2.75, 3.05) is 20.2 Å². The van der Waals surface area contributed by atoms with Crippen LogP contribution in [-0.4, -0.2) is 35.5 Å². The number of aliphatic imine (C=N–C) groups is 1.